The van der Waals surface area contributed by atoms with Crippen molar-refractivity contribution in [3.05, 3.63) is 0 Å². The first-order chi connectivity index (χ1) is 5.81. The van der Waals surface area contributed by atoms with Crippen LogP contribution in [0.15, 0.2) is 0 Å². The number of hydrogen-bond acceptors (Lipinski definition) is 3. The van der Waals surface area contributed by atoms with Crippen LogP contribution in [0.2, 0.25) is 0 Å². The SMILES string of the molecule is O=S(=O)(OCCCCF)C(F)(F)F. The third kappa shape index (κ3) is 4.41. The van der Waals surface area contributed by atoms with Gasteiger partial charge in [-0.3, -0.25) is 8.57 Å². The lowest BCUT2D eigenvalue weighted by Gasteiger charge is -2.07. The smallest absolute Gasteiger partial charge is 0.263 e. The fourth-order valence-corrected chi connectivity index (χ4v) is 0.903. The Labute approximate surface area is 72.8 Å². The van der Waals surface area contributed by atoms with Gasteiger partial charge in [0.25, 0.3) is 0 Å². The van der Waals surface area contributed by atoms with E-state index in [1.54, 1.807) is 0 Å². The highest BCUT2D eigenvalue weighted by Gasteiger charge is 2.47. The summed E-state index contributed by atoms with van der Waals surface area (Å²) in [6.07, 6.45) is -0.0841. The molecule has 0 aromatic heterocycles. The van der Waals surface area contributed by atoms with Gasteiger partial charge in [-0.15, -0.1) is 0 Å². The molecule has 0 radical (unpaired) electrons. The molecule has 0 aliphatic rings. The first-order valence-electron chi connectivity index (χ1n) is 3.33. The Balaban J connectivity index is 3.92. The van der Waals surface area contributed by atoms with Gasteiger partial charge in [0.05, 0.1) is 13.3 Å². The van der Waals surface area contributed by atoms with Crippen molar-refractivity contribution < 1.29 is 30.2 Å². The number of hydrogen-bond donors (Lipinski definition) is 0. The minimum Gasteiger partial charge on any atom is -0.263 e. The van der Waals surface area contributed by atoms with Crippen LogP contribution in [0.25, 0.3) is 0 Å². The van der Waals surface area contributed by atoms with Crippen LogP contribution in [0.3, 0.4) is 0 Å². The third-order valence-electron chi connectivity index (χ3n) is 1.05. The molecule has 0 aromatic rings. The Hall–Kier alpha value is -0.370. The molecule has 0 bridgehead atoms. The molecule has 0 aliphatic carbocycles. The van der Waals surface area contributed by atoms with E-state index in [-0.39, 0.29) is 12.8 Å². The zero-order chi connectivity index (χ0) is 10.5. The normalized spacial score (nSPS) is 13.2. The molecule has 0 amide bonds. The van der Waals surface area contributed by atoms with Crippen molar-refractivity contribution in [2.45, 2.75) is 18.3 Å². The predicted octanol–water partition coefficient (Wildman–Crippen LogP) is 1.60. The van der Waals surface area contributed by atoms with Gasteiger partial charge in [-0.25, -0.2) is 0 Å². The maximum Gasteiger partial charge on any atom is 0.523 e. The minimum atomic E-state index is -5.50. The van der Waals surface area contributed by atoms with Crippen LogP contribution in [0.4, 0.5) is 17.6 Å². The van der Waals surface area contributed by atoms with Crippen LogP contribution in [0.5, 0.6) is 0 Å². The van der Waals surface area contributed by atoms with E-state index in [9.17, 15) is 26.0 Å². The molecule has 0 saturated heterocycles. The summed E-state index contributed by atoms with van der Waals surface area (Å²) in [6, 6.07) is 0. The fraction of sp³-hybridized carbons (Fsp3) is 1.00. The summed E-state index contributed by atoms with van der Waals surface area (Å²) in [5.74, 6) is 0. The molecule has 0 saturated carbocycles. The van der Waals surface area contributed by atoms with Gasteiger partial charge in [-0.1, -0.05) is 0 Å². The van der Waals surface area contributed by atoms with Crippen LogP contribution in [0.1, 0.15) is 12.8 Å². The fourth-order valence-electron chi connectivity index (χ4n) is 0.432. The minimum absolute atomic E-state index is 0.0205. The number of unbranched alkanes of at least 4 members (excludes halogenated alkanes) is 1. The zero-order valence-electron chi connectivity index (χ0n) is 6.47. The van der Waals surface area contributed by atoms with Crippen molar-refractivity contribution in [1.29, 1.82) is 0 Å². The highest BCUT2D eigenvalue weighted by molar-refractivity contribution is 7.87. The molecular formula is C5H8F4O3S. The van der Waals surface area contributed by atoms with Crippen molar-refractivity contribution in [2.24, 2.45) is 0 Å². The second-order valence-electron chi connectivity index (χ2n) is 2.12. The van der Waals surface area contributed by atoms with E-state index in [0.29, 0.717) is 0 Å². The molecule has 0 spiro atoms. The second kappa shape index (κ2) is 4.75. The van der Waals surface area contributed by atoms with E-state index in [0.717, 1.165) is 0 Å². The molecule has 0 aliphatic heterocycles. The topological polar surface area (TPSA) is 43.4 Å². The monoisotopic (exact) mass is 224 g/mol. The van der Waals surface area contributed by atoms with E-state index in [1.165, 1.54) is 0 Å². The Bertz CT molecular complexity index is 233. The van der Waals surface area contributed by atoms with Gasteiger partial charge in [0.15, 0.2) is 0 Å². The quantitative estimate of drug-likeness (QED) is 0.308. The molecule has 0 aromatic carbocycles. The van der Waals surface area contributed by atoms with Crippen molar-refractivity contribution in [3.8, 4) is 0 Å². The van der Waals surface area contributed by atoms with Gasteiger partial charge < -0.3 is 0 Å². The molecule has 13 heavy (non-hydrogen) atoms. The zero-order valence-corrected chi connectivity index (χ0v) is 7.29. The summed E-state index contributed by atoms with van der Waals surface area (Å²) in [6.45, 7) is -1.36. The van der Waals surface area contributed by atoms with Crippen LogP contribution in [-0.4, -0.2) is 27.2 Å². The van der Waals surface area contributed by atoms with Crippen LogP contribution >= 0.6 is 0 Å². The van der Waals surface area contributed by atoms with Gasteiger partial charge in [0, 0.05) is 0 Å². The van der Waals surface area contributed by atoms with Gasteiger partial charge >= 0.3 is 15.6 Å². The lowest BCUT2D eigenvalue weighted by atomic mass is 10.4. The van der Waals surface area contributed by atoms with E-state index in [1.807, 2.05) is 0 Å². The Kier molecular flexibility index (Phi) is 4.62. The Morgan fingerprint density at radius 3 is 2.08 bits per heavy atom. The molecule has 3 nitrogen and oxygen atoms in total. The second-order valence-corrected chi connectivity index (χ2v) is 3.72. The van der Waals surface area contributed by atoms with Crippen molar-refractivity contribution in [2.75, 3.05) is 13.3 Å². The van der Waals surface area contributed by atoms with E-state index in [4.69, 9.17) is 0 Å². The summed E-state index contributed by atoms with van der Waals surface area (Å²) in [5.41, 5.74) is -5.40. The molecule has 0 fully saturated rings. The van der Waals surface area contributed by atoms with Crippen LogP contribution in [-0.2, 0) is 14.3 Å². The molecule has 80 valence electrons. The maximum atomic E-state index is 11.6. The standard InChI is InChI=1S/C5H8F4O3S/c6-3-1-2-4-12-13(10,11)5(7,8)9/h1-4H2. The first-order valence-corrected chi connectivity index (χ1v) is 4.74. The predicted molar refractivity (Wildman–Crippen MR) is 36.1 cm³/mol. The van der Waals surface area contributed by atoms with Gasteiger partial charge in [-0.05, 0) is 12.8 Å². The number of halogens is 4. The average Bonchev–Trinajstić information content (AvgIpc) is 1.96. The van der Waals surface area contributed by atoms with Crippen LogP contribution < -0.4 is 0 Å². The van der Waals surface area contributed by atoms with E-state index >= 15 is 0 Å². The number of alkyl halides is 4. The molecule has 0 unspecified atom stereocenters. The molecule has 0 atom stereocenters. The summed E-state index contributed by atoms with van der Waals surface area (Å²) in [7, 11) is -5.50. The lowest BCUT2D eigenvalue weighted by molar-refractivity contribution is -0.0542. The molecule has 0 N–H and O–H groups in total. The lowest BCUT2D eigenvalue weighted by Crippen LogP contribution is -2.25. The molecule has 0 rings (SSSR count). The molecular weight excluding hydrogens is 216 g/mol. The maximum absolute atomic E-state index is 11.6. The van der Waals surface area contributed by atoms with Crippen molar-refractivity contribution in [1.82, 2.24) is 0 Å². The highest BCUT2D eigenvalue weighted by atomic mass is 32.2. The van der Waals surface area contributed by atoms with E-state index < -0.39 is 28.9 Å². The summed E-state index contributed by atoms with van der Waals surface area (Å²) in [4.78, 5) is 0. The first kappa shape index (κ1) is 12.6. The number of rotatable bonds is 5. The highest BCUT2D eigenvalue weighted by Crippen LogP contribution is 2.24. The summed E-state index contributed by atoms with van der Waals surface area (Å²) >= 11 is 0. The van der Waals surface area contributed by atoms with Crippen molar-refractivity contribution >= 4 is 10.1 Å². The van der Waals surface area contributed by atoms with Gasteiger partial charge in [0.2, 0.25) is 0 Å². The Morgan fingerprint density at radius 2 is 1.69 bits per heavy atom. The van der Waals surface area contributed by atoms with Gasteiger partial charge in [-0.2, -0.15) is 21.6 Å². The van der Waals surface area contributed by atoms with Gasteiger partial charge in [0.1, 0.15) is 0 Å². The largest absolute Gasteiger partial charge is 0.523 e. The van der Waals surface area contributed by atoms with Crippen LogP contribution in [0, 0.1) is 0 Å². The molecule has 0 heterocycles. The Morgan fingerprint density at radius 1 is 1.15 bits per heavy atom. The van der Waals surface area contributed by atoms with E-state index in [2.05, 4.69) is 4.18 Å². The van der Waals surface area contributed by atoms with Crippen molar-refractivity contribution in [3.63, 3.8) is 0 Å². The third-order valence-corrected chi connectivity index (χ3v) is 2.09. The summed E-state index contributed by atoms with van der Waals surface area (Å²) < 4.78 is 70.0. The average molecular weight is 224 g/mol. The molecule has 8 heteroatoms. The summed E-state index contributed by atoms with van der Waals surface area (Å²) in [5, 5.41) is 0.